The molecule has 0 aliphatic rings. The fourth-order valence-electron chi connectivity index (χ4n) is 1.30. The molecule has 1 aromatic rings. The fraction of sp³-hybridized carbons (Fsp3) is 0.333. The summed E-state index contributed by atoms with van der Waals surface area (Å²) in [6.45, 7) is 0. The van der Waals surface area contributed by atoms with Crippen molar-refractivity contribution in [2.75, 3.05) is 5.75 Å². The maximum Gasteiger partial charge on any atom is 0.266 e. The minimum atomic E-state index is -4.05. The van der Waals surface area contributed by atoms with E-state index in [1.807, 2.05) is 0 Å². The van der Waals surface area contributed by atoms with Gasteiger partial charge in [-0.3, -0.25) is 4.55 Å². The van der Waals surface area contributed by atoms with E-state index in [0.29, 0.717) is 16.5 Å². The molecule has 1 atom stereocenters. The first-order chi connectivity index (χ1) is 7.28. The molecule has 0 amide bonds. The van der Waals surface area contributed by atoms with Crippen molar-refractivity contribution < 1.29 is 13.0 Å². The highest BCUT2D eigenvalue weighted by Gasteiger charge is 2.13. The SMILES string of the molecule is N[C@@H](Cc1ccc(Cl)c(Cl)c1)CS(=O)(=O)O. The maximum atomic E-state index is 10.6. The molecule has 0 saturated carbocycles. The molecular formula is C9H11Cl2NO3S. The fourth-order valence-corrected chi connectivity index (χ4v) is 2.28. The van der Waals surface area contributed by atoms with Gasteiger partial charge in [-0.05, 0) is 24.1 Å². The van der Waals surface area contributed by atoms with Gasteiger partial charge in [-0.25, -0.2) is 0 Å². The lowest BCUT2D eigenvalue weighted by atomic mass is 10.1. The second-order valence-corrected chi connectivity index (χ2v) is 5.77. The first kappa shape index (κ1) is 13.7. The molecule has 4 nitrogen and oxygen atoms in total. The lowest BCUT2D eigenvalue weighted by Crippen LogP contribution is -2.31. The molecule has 0 fully saturated rings. The number of halogens is 2. The van der Waals surface area contributed by atoms with Gasteiger partial charge in [0, 0.05) is 6.04 Å². The van der Waals surface area contributed by atoms with Crippen LogP contribution in [0.25, 0.3) is 0 Å². The van der Waals surface area contributed by atoms with E-state index in [0.717, 1.165) is 5.56 Å². The van der Waals surface area contributed by atoms with E-state index in [4.69, 9.17) is 33.5 Å². The van der Waals surface area contributed by atoms with Crippen molar-refractivity contribution in [2.45, 2.75) is 12.5 Å². The third kappa shape index (κ3) is 4.67. The Morgan fingerprint density at radius 3 is 2.44 bits per heavy atom. The lowest BCUT2D eigenvalue weighted by molar-refractivity contribution is 0.476. The summed E-state index contributed by atoms with van der Waals surface area (Å²) in [5.74, 6) is -0.479. The molecule has 0 bridgehead atoms. The predicted octanol–water partition coefficient (Wildman–Crippen LogP) is 1.75. The van der Waals surface area contributed by atoms with Crippen LogP contribution in [0.3, 0.4) is 0 Å². The zero-order valence-corrected chi connectivity index (χ0v) is 10.6. The van der Waals surface area contributed by atoms with Crippen molar-refractivity contribution >= 4 is 33.3 Å². The Labute approximate surface area is 104 Å². The number of hydrogen-bond acceptors (Lipinski definition) is 3. The molecule has 7 heteroatoms. The zero-order valence-electron chi connectivity index (χ0n) is 8.23. The minimum Gasteiger partial charge on any atom is -0.326 e. The summed E-state index contributed by atoms with van der Waals surface area (Å²) in [6, 6.07) is 4.26. The van der Waals surface area contributed by atoms with E-state index in [9.17, 15) is 8.42 Å². The molecule has 0 spiro atoms. The molecule has 0 aliphatic heterocycles. The van der Waals surface area contributed by atoms with Crippen LogP contribution in [-0.4, -0.2) is 24.8 Å². The third-order valence-electron chi connectivity index (χ3n) is 1.91. The molecule has 1 rings (SSSR count). The van der Waals surface area contributed by atoms with E-state index in [1.54, 1.807) is 18.2 Å². The van der Waals surface area contributed by atoms with Crippen LogP contribution >= 0.6 is 23.2 Å². The smallest absolute Gasteiger partial charge is 0.266 e. The number of rotatable bonds is 4. The summed E-state index contributed by atoms with van der Waals surface area (Å²) < 4.78 is 29.8. The summed E-state index contributed by atoms with van der Waals surface area (Å²) in [6.07, 6.45) is 0.302. The van der Waals surface area contributed by atoms with Crippen LogP contribution in [-0.2, 0) is 16.5 Å². The van der Waals surface area contributed by atoms with Crippen molar-refractivity contribution in [3.63, 3.8) is 0 Å². The van der Waals surface area contributed by atoms with E-state index < -0.39 is 21.9 Å². The molecule has 0 unspecified atom stereocenters. The zero-order chi connectivity index (χ0) is 12.3. The summed E-state index contributed by atoms with van der Waals surface area (Å²) in [4.78, 5) is 0. The Balaban J connectivity index is 2.70. The molecule has 0 radical (unpaired) electrons. The summed E-state index contributed by atoms with van der Waals surface area (Å²) in [7, 11) is -4.05. The first-order valence-electron chi connectivity index (χ1n) is 4.42. The minimum absolute atomic E-state index is 0.302. The van der Waals surface area contributed by atoms with E-state index in [1.165, 1.54) is 0 Å². The summed E-state index contributed by atoms with van der Waals surface area (Å²) in [5, 5.41) is 0.812. The van der Waals surface area contributed by atoms with Crippen LogP contribution in [0.5, 0.6) is 0 Å². The Hall–Kier alpha value is -0.330. The standard InChI is InChI=1S/C9H11Cl2NO3S/c10-8-2-1-6(4-9(8)11)3-7(12)5-16(13,14)15/h1-2,4,7H,3,5,12H2,(H,13,14,15)/t7-/m0/s1. The van der Waals surface area contributed by atoms with Gasteiger partial charge in [0.1, 0.15) is 0 Å². The quantitative estimate of drug-likeness (QED) is 0.825. The molecule has 1 aromatic carbocycles. The van der Waals surface area contributed by atoms with Crippen LogP contribution in [0, 0.1) is 0 Å². The first-order valence-corrected chi connectivity index (χ1v) is 6.79. The Morgan fingerprint density at radius 1 is 1.31 bits per heavy atom. The largest absolute Gasteiger partial charge is 0.326 e. The average Bonchev–Trinajstić information content (AvgIpc) is 2.08. The number of hydrogen-bond donors (Lipinski definition) is 2. The van der Waals surface area contributed by atoms with Crippen LogP contribution in [0.15, 0.2) is 18.2 Å². The van der Waals surface area contributed by atoms with Crippen molar-refractivity contribution in [1.29, 1.82) is 0 Å². The highest BCUT2D eigenvalue weighted by atomic mass is 35.5. The topological polar surface area (TPSA) is 80.4 Å². The average molecular weight is 284 g/mol. The van der Waals surface area contributed by atoms with Gasteiger partial charge in [0.2, 0.25) is 0 Å². The van der Waals surface area contributed by atoms with Gasteiger partial charge >= 0.3 is 0 Å². The molecule has 90 valence electrons. The second-order valence-electron chi connectivity index (χ2n) is 3.46. The third-order valence-corrected chi connectivity index (χ3v) is 3.50. The number of benzene rings is 1. The van der Waals surface area contributed by atoms with Crippen molar-refractivity contribution in [3.8, 4) is 0 Å². The van der Waals surface area contributed by atoms with Gasteiger partial charge in [-0.1, -0.05) is 29.3 Å². The van der Waals surface area contributed by atoms with E-state index in [2.05, 4.69) is 0 Å². The lowest BCUT2D eigenvalue weighted by Gasteiger charge is -2.10. The van der Waals surface area contributed by atoms with Gasteiger partial charge in [0.15, 0.2) is 0 Å². The maximum absolute atomic E-state index is 10.6. The van der Waals surface area contributed by atoms with Crippen LogP contribution in [0.2, 0.25) is 10.0 Å². The van der Waals surface area contributed by atoms with Gasteiger partial charge in [-0.2, -0.15) is 8.42 Å². The highest BCUT2D eigenvalue weighted by molar-refractivity contribution is 7.85. The van der Waals surface area contributed by atoms with Crippen LogP contribution in [0.4, 0.5) is 0 Å². The Bertz CT molecular complexity index is 476. The van der Waals surface area contributed by atoms with Gasteiger partial charge in [0.05, 0.1) is 15.8 Å². The summed E-state index contributed by atoms with van der Waals surface area (Å²) >= 11 is 11.5. The van der Waals surface area contributed by atoms with Gasteiger partial charge in [0.25, 0.3) is 10.1 Å². The molecule has 0 aromatic heterocycles. The van der Waals surface area contributed by atoms with Gasteiger partial charge in [-0.15, -0.1) is 0 Å². The molecule has 0 saturated heterocycles. The van der Waals surface area contributed by atoms with E-state index in [-0.39, 0.29) is 0 Å². The van der Waals surface area contributed by atoms with Crippen molar-refractivity contribution in [1.82, 2.24) is 0 Å². The van der Waals surface area contributed by atoms with Crippen LogP contribution in [0.1, 0.15) is 5.56 Å². The molecule has 0 aliphatic carbocycles. The summed E-state index contributed by atoms with van der Waals surface area (Å²) in [5.41, 5.74) is 6.33. The second kappa shape index (κ2) is 5.33. The van der Waals surface area contributed by atoms with E-state index >= 15 is 0 Å². The monoisotopic (exact) mass is 283 g/mol. The number of nitrogens with two attached hydrogens (primary N) is 1. The Morgan fingerprint density at radius 2 is 1.94 bits per heavy atom. The molecule has 0 heterocycles. The predicted molar refractivity (Wildman–Crippen MR) is 64.6 cm³/mol. The molecule has 3 N–H and O–H groups in total. The Kier molecular flexibility index (Phi) is 4.58. The highest BCUT2D eigenvalue weighted by Crippen LogP contribution is 2.23. The van der Waals surface area contributed by atoms with Crippen LogP contribution < -0.4 is 5.73 Å². The van der Waals surface area contributed by atoms with Crippen molar-refractivity contribution in [3.05, 3.63) is 33.8 Å². The van der Waals surface area contributed by atoms with Gasteiger partial charge < -0.3 is 5.73 Å². The van der Waals surface area contributed by atoms with Crippen molar-refractivity contribution in [2.24, 2.45) is 5.73 Å². The molecular weight excluding hydrogens is 273 g/mol. The normalized spacial score (nSPS) is 13.8. The molecule has 16 heavy (non-hydrogen) atoms.